The van der Waals surface area contributed by atoms with Crippen LogP contribution in [0.25, 0.3) is 0 Å². The second-order valence-corrected chi connectivity index (χ2v) is 4.73. The van der Waals surface area contributed by atoms with Crippen molar-refractivity contribution in [2.24, 2.45) is 5.73 Å². The number of nitrogens with two attached hydrogens (primary N) is 2. The maximum Gasteiger partial charge on any atom is 0.250 e. The third-order valence-electron chi connectivity index (χ3n) is 2.86. The van der Waals surface area contributed by atoms with Crippen LogP contribution in [0.15, 0.2) is 12.1 Å². The molecular formula is C13H20ClN3O. The molecule has 100 valence electrons. The van der Waals surface area contributed by atoms with E-state index in [1.807, 2.05) is 0 Å². The molecule has 0 aliphatic heterocycles. The average molecular weight is 270 g/mol. The number of benzene rings is 1. The fourth-order valence-electron chi connectivity index (χ4n) is 1.90. The molecule has 0 saturated carbocycles. The van der Waals surface area contributed by atoms with Crippen molar-refractivity contribution >= 4 is 28.9 Å². The summed E-state index contributed by atoms with van der Waals surface area (Å²) in [5, 5.41) is 3.72. The van der Waals surface area contributed by atoms with Crippen molar-refractivity contribution < 1.29 is 4.79 Å². The molecule has 1 aromatic rings. The highest BCUT2D eigenvalue weighted by Crippen LogP contribution is 2.30. The third kappa shape index (κ3) is 3.53. The Morgan fingerprint density at radius 2 is 2.11 bits per heavy atom. The predicted molar refractivity (Wildman–Crippen MR) is 77.0 cm³/mol. The zero-order valence-corrected chi connectivity index (χ0v) is 11.6. The molecule has 4 nitrogen and oxygen atoms in total. The maximum absolute atomic E-state index is 11.4. The molecule has 0 radical (unpaired) electrons. The summed E-state index contributed by atoms with van der Waals surface area (Å²) in [6, 6.07) is 3.44. The van der Waals surface area contributed by atoms with Gasteiger partial charge < -0.3 is 16.8 Å². The summed E-state index contributed by atoms with van der Waals surface area (Å²) >= 11 is 6.13. The number of amides is 1. The Kier molecular flexibility index (Phi) is 5.28. The van der Waals surface area contributed by atoms with Crippen LogP contribution in [0.4, 0.5) is 11.4 Å². The van der Waals surface area contributed by atoms with Crippen LogP contribution >= 0.6 is 11.6 Å². The molecule has 0 saturated heterocycles. The number of carbonyl (C=O) groups excluding carboxylic acids is 1. The lowest BCUT2D eigenvalue weighted by Gasteiger charge is -2.20. The largest absolute Gasteiger partial charge is 0.399 e. The second-order valence-electron chi connectivity index (χ2n) is 4.33. The van der Waals surface area contributed by atoms with Crippen LogP contribution in [-0.4, -0.2) is 11.9 Å². The molecule has 5 heteroatoms. The number of hydrogen-bond donors (Lipinski definition) is 3. The van der Waals surface area contributed by atoms with E-state index in [0.29, 0.717) is 22.0 Å². The zero-order chi connectivity index (χ0) is 13.7. The number of hydrogen-bond acceptors (Lipinski definition) is 3. The lowest BCUT2D eigenvalue weighted by Crippen LogP contribution is -2.22. The van der Waals surface area contributed by atoms with E-state index in [9.17, 15) is 4.79 Å². The van der Waals surface area contributed by atoms with Gasteiger partial charge in [-0.25, -0.2) is 0 Å². The van der Waals surface area contributed by atoms with Gasteiger partial charge in [0.15, 0.2) is 0 Å². The van der Waals surface area contributed by atoms with Gasteiger partial charge in [0.2, 0.25) is 0 Å². The first-order valence-corrected chi connectivity index (χ1v) is 6.52. The number of primary amides is 1. The molecule has 5 N–H and O–H groups in total. The molecular weight excluding hydrogens is 250 g/mol. The Hall–Kier alpha value is -1.42. The molecule has 1 atom stereocenters. The minimum atomic E-state index is -0.530. The summed E-state index contributed by atoms with van der Waals surface area (Å²) in [4.78, 5) is 11.4. The maximum atomic E-state index is 11.4. The first-order valence-electron chi connectivity index (χ1n) is 6.14. The molecule has 1 rings (SSSR count). The topological polar surface area (TPSA) is 81.1 Å². The molecule has 0 heterocycles. The highest BCUT2D eigenvalue weighted by Gasteiger charge is 2.16. The lowest BCUT2D eigenvalue weighted by molar-refractivity contribution is 0.100. The Balaban J connectivity index is 3.10. The smallest absolute Gasteiger partial charge is 0.250 e. The third-order valence-corrected chi connectivity index (χ3v) is 3.15. The van der Waals surface area contributed by atoms with E-state index in [4.69, 9.17) is 23.1 Å². The van der Waals surface area contributed by atoms with E-state index in [-0.39, 0.29) is 6.04 Å². The van der Waals surface area contributed by atoms with Crippen molar-refractivity contribution in [1.29, 1.82) is 0 Å². The quantitative estimate of drug-likeness (QED) is 0.695. The van der Waals surface area contributed by atoms with Gasteiger partial charge in [-0.3, -0.25) is 4.79 Å². The van der Waals surface area contributed by atoms with Crippen molar-refractivity contribution in [2.75, 3.05) is 11.1 Å². The van der Waals surface area contributed by atoms with Gasteiger partial charge in [0, 0.05) is 11.7 Å². The molecule has 0 fully saturated rings. The SMILES string of the molecule is CCCC(CC)Nc1c(Cl)cc(N)cc1C(N)=O. The van der Waals surface area contributed by atoms with Crippen LogP contribution in [0.1, 0.15) is 43.5 Å². The van der Waals surface area contributed by atoms with Crippen molar-refractivity contribution in [3.05, 3.63) is 22.7 Å². The van der Waals surface area contributed by atoms with Gasteiger partial charge >= 0.3 is 0 Å². The van der Waals surface area contributed by atoms with Crippen LogP contribution in [0, 0.1) is 0 Å². The molecule has 18 heavy (non-hydrogen) atoms. The molecule has 0 aromatic heterocycles. The fraction of sp³-hybridized carbons (Fsp3) is 0.462. The normalized spacial score (nSPS) is 12.2. The number of nitrogens with one attached hydrogen (secondary N) is 1. The summed E-state index contributed by atoms with van der Waals surface area (Å²) in [6.07, 6.45) is 3.02. The Morgan fingerprint density at radius 1 is 1.44 bits per heavy atom. The summed E-state index contributed by atoms with van der Waals surface area (Å²) in [7, 11) is 0. The van der Waals surface area contributed by atoms with E-state index in [1.165, 1.54) is 0 Å². The van der Waals surface area contributed by atoms with Crippen LogP contribution in [-0.2, 0) is 0 Å². The zero-order valence-electron chi connectivity index (χ0n) is 10.8. The Labute approximate surface area is 113 Å². The number of anilines is 2. The number of nitrogen functional groups attached to an aromatic ring is 1. The van der Waals surface area contributed by atoms with Gasteiger partial charge in [-0.1, -0.05) is 31.9 Å². The number of rotatable bonds is 6. The number of halogens is 1. The molecule has 0 bridgehead atoms. The van der Waals surface area contributed by atoms with E-state index in [2.05, 4.69) is 19.2 Å². The molecule has 1 aromatic carbocycles. The van der Waals surface area contributed by atoms with Crippen LogP contribution < -0.4 is 16.8 Å². The first-order chi connectivity index (χ1) is 8.49. The van der Waals surface area contributed by atoms with E-state index >= 15 is 0 Å². The molecule has 0 aliphatic carbocycles. The monoisotopic (exact) mass is 269 g/mol. The molecule has 0 aliphatic rings. The molecule has 1 amide bonds. The highest BCUT2D eigenvalue weighted by molar-refractivity contribution is 6.34. The van der Waals surface area contributed by atoms with E-state index < -0.39 is 5.91 Å². The second kappa shape index (κ2) is 6.50. The first kappa shape index (κ1) is 14.6. The van der Waals surface area contributed by atoms with Crippen molar-refractivity contribution in [3.8, 4) is 0 Å². The average Bonchev–Trinajstić information content (AvgIpc) is 2.30. The molecule has 0 spiro atoms. The predicted octanol–water partition coefficient (Wildman–Crippen LogP) is 3.01. The Morgan fingerprint density at radius 3 is 2.61 bits per heavy atom. The van der Waals surface area contributed by atoms with Gasteiger partial charge in [-0.2, -0.15) is 0 Å². The Bertz CT molecular complexity index is 434. The van der Waals surface area contributed by atoms with Crippen molar-refractivity contribution in [1.82, 2.24) is 0 Å². The number of carbonyl (C=O) groups is 1. The van der Waals surface area contributed by atoms with Crippen LogP contribution in [0.5, 0.6) is 0 Å². The highest BCUT2D eigenvalue weighted by atomic mass is 35.5. The fourth-order valence-corrected chi connectivity index (χ4v) is 2.18. The van der Waals surface area contributed by atoms with Crippen LogP contribution in [0.2, 0.25) is 5.02 Å². The van der Waals surface area contributed by atoms with Gasteiger partial charge in [0.05, 0.1) is 16.3 Å². The minimum absolute atomic E-state index is 0.272. The lowest BCUT2D eigenvalue weighted by atomic mass is 10.1. The van der Waals surface area contributed by atoms with Gasteiger partial charge in [0.25, 0.3) is 5.91 Å². The summed E-state index contributed by atoms with van der Waals surface area (Å²) < 4.78 is 0. The summed E-state index contributed by atoms with van der Waals surface area (Å²) in [6.45, 7) is 4.20. The van der Waals surface area contributed by atoms with Gasteiger partial charge in [-0.05, 0) is 25.0 Å². The minimum Gasteiger partial charge on any atom is -0.399 e. The van der Waals surface area contributed by atoms with Crippen molar-refractivity contribution in [2.45, 2.75) is 39.2 Å². The van der Waals surface area contributed by atoms with Crippen molar-refractivity contribution in [3.63, 3.8) is 0 Å². The van der Waals surface area contributed by atoms with Crippen LogP contribution in [0.3, 0.4) is 0 Å². The molecule has 1 unspecified atom stereocenters. The van der Waals surface area contributed by atoms with Gasteiger partial charge in [-0.15, -0.1) is 0 Å². The summed E-state index contributed by atoms with van der Waals surface area (Å²) in [5.74, 6) is -0.530. The summed E-state index contributed by atoms with van der Waals surface area (Å²) in [5.41, 5.74) is 12.4. The standard InChI is InChI=1S/C13H20ClN3O/c1-3-5-9(4-2)17-12-10(13(16)18)6-8(15)7-11(12)14/h6-7,9,17H,3-5,15H2,1-2H3,(H2,16,18). The van der Waals surface area contributed by atoms with Gasteiger partial charge in [0.1, 0.15) is 0 Å². The van der Waals surface area contributed by atoms with E-state index in [0.717, 1.165) is 19.3 Å². The van der Waals surface area contributed by atoms with E-state index in [1.54, 1.807) is 12.1 Å².